The highest BCUT2D eigenvalue weighted by atomic mass is 32.2. The van der Waals surface area contributed by atoms with Crippen LogP contribution < -0.4 is 5.32 Å². The number of carbonyl (C=O) groups excluding carboxylic acids is 1. The minimum Gasteiger partial charge on any atom is -0.357 e. The normalized spacial score (nSPS) is 15.9. The summed E-state index contributed by atoms with van der Waals surface area (Å²) in [7, 11) is 0. The second kappa shape index (κ2) is 4.94. The first-order valence-electron chi connectivity index (χ1n) is 5.71. The van der Waals surface area contributed by atoms with Crippen molar-refractivity contribution >= 4 is 34.0 Å². The van der Waals surface area contributed by atoms with Gasteiger partial charge in [0.1, 0.15) is 5.78 Å². The Morgan fingerprint density at radius 1 is 1.47 bits per heavy atom. The Kier molecular flexibility index (Phi) is 3.73. The van der Waals surface area contributed by atoms with Gasteiger partial charge in [-0.1, -0.05) is 43.9 Å². The lowest BCUT2D eigenvalue weighted by Gasteiger charge is -2.15. The average Bonchev–Trinajstić information content (AvgIpc) is 2.92. The van der Waals surface area contributed by atoms with E-state index in [1.165, 1.54) is 35.9 Å². The molecule has 94 valence electrons. The zero-order chi connectivity index (χ0) is 12.5. The quantitative estimate of drug-likeness (QED) is 0.835. The van der Waals surface area contributed by atoms with Crippen LogP contribution in [0.2, 0.25) is 0 Å². The van der Waals surface area contributed by atoms with Crippen LogP contribution in [0.3, 0.4) is 0 Å². The topological polar surface area (TPSA) is 54.9 Å². The first-order valence-corrected chi connectivity index (χ1v) is 7.51. The molecule has 4 nitrogen and oxygen atoms in total. The summed E-state index contributed by atoms with van der Waals surface area (Å²) in [5.74, 6) is 0.719. The van der Waals surface area contributed by atoms with E-state index in [1.807, 2.05) is 20.8 Å². The summed E-state index contributed by atoms with van der Waals surface area (Å²) in [4.78, 5) is 11.8. The predicted octanol–water partition coefficient (Wildman–Crippen LogP) is 2.82. The van der Waals surface area contributed by atoms with Gasteiger partial charge in [0.2, 0.25) is 5.13 Å². The molecule has 1 saturated carbocycles. The molecule has 0 unspecified atom stereocenters. The van der Waals surface area contributed by atoms with Gasteiger partial charge in [0.25, 0.3) is 0 Å². The molecule has 1 fully saturated rings. The van der Waals surface area contributed by atoms with Gasteiger partial charge in [0, 0.05) is 11.5 Å². The van der Waals surface area contributed by atoms with Gasteiger partial charge in [-0.15, -0.1) is 10.2 Å². The molecular formula is C11H17N3OS2. The number of aromatic nitrogens is 2. The van der Waals surface area contributed by atoms with Crippen molar-refractivity contribution in [3.63, 3.8) is 0 Å². The number of hydrogen-bond donors (Lipinski definition) is 1. The monoisotopic (exact) mass is 271 g/mol. The highest BCUT2D eigenvalue weighted by molar-refractivity contribution is 8.01. The number of ketones is 1. The van der Waals surface area contributed by atoms with Crippen molar-refractivity contribution in [3.8, 4) is 0 Å². The molecule has 0 radical (unpaired) electrons. The Hall–Kier alpha value is -0.620. The van der Waals surface area contributed by atoms with E-state index in [1.54, 1.807) is 0 Å². The Morgan fingerprint density at radius 2 is 2.18 bits per heavy atom. The van der Waals surface area contributed by atoms with Crippen LogP contribution in [0.1, 0.15) is 33.6 Å². The van der Waals surface area contributed by atoms with E-state index in [0.717, 1.165) is 9.47 Å². The molecule has 6 heteroatoms. The molecule has 0 bridgehead atoms. The fourth-order valence-electron chi connectivity index (χ4n) is 1.07. The van der Waals surface area contributed by atoms with Gasteiger partial charge in [-0.3, -0.25) is 4.79 Å². The zero-order valence-electron chi connectivity index (χ0n) is 10.3. The molecule has 0 atom stereocenters. The maximum Gasteiger partial charge on any atom is 0.206 e. The molecule has 0 spiro atoms. The summed E-state index contributed by atoms with van der Waals surface area (Å²) in [6.45, 7) is 5.82. The molecule has 0 saturated heterocycles. The summed E-state index contributed by atoms with van der Waals surface area (Å²) in [6, 6.07) is 0.594. The molecular weight excluding hydrogens is 254 g/mol. The summed E-state index contributed by atoms with van der Waals surface area (Å²) < 4.78 is 0.866. The Labute approximate surface area is 110 Å². The van der Waals surface area contributed by atoms with E-state index >= 15 is 0 Å². The second-order valence-electron chi connectivity index (χ2n) is 5.25. The highest BCUT2D eigenvalue weighted by Crippen LogP contribution is 2.31. The number of hydrogen-bond acceptors (Lipinski definition) is 6. The van der Waals surface area contributed by atoms with E-state index in [4.69, 9.17) is 0 Å². The number of nitrogens with zero attached hydrogens (tertiary/aromatic N) is 2. The maximum atomic E-state index is 11.8. The van der Waals surface area contributed by atoms with Gasteiger partial charge < -0.3 is 5.32 Å². The van der Waals surface area contributed by atoms with Crippen LogP contribution in [0, 0.1) is 5.41 Å². The van der Waals surface area contributed by atoms with E-state index < -0.39 is 0 Å². The van der Waals surface area contributed by atoms with Crippen LogP contribution in [-0.2, 0) is 4.79 Å². The molecule has 1 aromatic rings. The smallest absolute Gasteiger partial charge is 0.206 e. The van der Waals surface area contributed by atoms with Crippen LogP contribution in [0.4, 0.5) is 5.13 Å². The van der Waals surface area contributed by atoms with E-state index in [9.17, 15) is 4.79 Å². The van der Waals surface area contributed by atoms with Crippen molar-refractivity contribution in [1.82, 2.24) is 10.2 Å². The van der Waals surface area contributed by atoms with Crippen molar-refractivity contribution in [2.45, 2.75) is 44.0 Å². The lowest BCUT2D eigenvalue weighted by Crippen LogP contribution is -2.21. The molecule has 0 amide bonds. The summed E-state index contributed by atoms with van der Waals surface area (Å²) in [5.41, 5.74) is -0.271. The molecule has 0 aliphatic heterocycles. The van der Waals surface area contributed by atoms with E-state index in [0.29, 0.717) is 11.8 Å². The Balaban J connectivity index is 1.82. The standard InChI is InChI=1S/C11H17N3OS2/c1-11(2,3)8(15)6-16-10-14-13-9(17-10)12-7-4-5-7/h7H,4-6H2,1-3H3,(H,12,13). The van der Waals surface area contributed by atoms with Gasteiger partial charge in [-0.05, 0) is 12.8 Å². The number of anilines is 1. The van der Waals surface area contributed by atoms with Crippen LogP contribution in [-0.4, -0.2) is 27.8 Å². The maximum absolute atomic E-state index is 11.8. The Bertz CT molecular complexity index is 407. The molecule has 1 N–H and O–H groups in total. The van der Waals surface area contributed by atoms with Crippen LogP contribution >= 0.6 is 23.1 Å². The van der Waals surface area contributed by atoms with Crippen molar-refractivity contribution in [2.75, 3.05) is 11.1 Å². The van der Waals surface area contributed by atoms with Gasteiger partial charge in [-0.2, -0.15) is 0 Å². The van der Waals surface area contributed by atoms with Crippen molar-refractivity contribution in [3.05, 3.63) is 0 Å². The summed E-state index contributed by atoms with van der Waals surface area (Å²) >= 11 is 3.01. The largest absolute Gasteiger partial charge is 0.357 e. The third kappa shape index (κ3) is 3.96. The SMILES string of the molecule is CC(C)(C)C(=O)CSc1nnc(NC2CC2)s1. The first kappa shape index (κ1) is 12.8. The zero-order valence-corrected chi connectivity index (χ0v) is 12.0. The van der Waals surface area contributed by atoms with Crippen LogP contribution in [0.5, 0.6) is 0 Å². The first-order chi connectivity index (χ1) is 7.95. The molecule has 1 heterocycles. The van der Waals surface area contributed by atoms with Gasteiger partial charge in [0.05, 0.1) is 5.75 Å². The van der Waals surface area contributed by atoms with Gasteiger partial charge in [-0.25, -0.2) is 0 Å². The molecule has 1 aliphatic rings. The number of thioether (sulfide) groups is 1. The van der Waals surface area contributed by atoms with Crippen LogP contribution in [0.25, 0.3) is 0 Å². The molecule has 17 heavy (non-hydrogen) atoms. The summed E-state index contributed by atoms with van der Waals surface area (Å²) in [5, 5.41) is 12.3. The lowest BCUT2D eigenvalue weighted by atomic mass is 9.92. The van der Waals surface area contributed by atoms with Crippen molar-refractivity contribution in [1.29, 1.82) is 0 Å². The Morgan fingerprint density at radius 3 is 2.76 bits per heavy atom. The van der Waals surface area contributed by atoms with E-state index in [2.05, 4.69) is 15.5 Å². The highest BCUT2D eigenvalue weighted by Gasteiger charge is 2.23. The van der Waals surface area contributed by atoms with E-state index in [-0.39, 0.29) is 11.2 Å². The summed E-state index contributed by atoms with van der Waals surface area (Å²) in [6.07, 6.45) is 2.45. The minimum absolute atomic E-state index is 0.245. The van der Waals surface area contributed by atoms with Gasteiger partial charge in [0.15, 0.2) is 4.34 Å². The third-order valence-electron chi connectivity index (χ3n) is 2.47. The fourth-order valence-corrected chi connectivity index (χ4v) is 3.06. The molecule has 0 aromatic carbocycles. The fraction of sp³-hybridized carbons (Fsp3) is 0.727. The molecule has 1 aliphatic carbocycles. The number of nitrogens with one attached hydrogen (secondary N) is 1. The molecule has 1 aromatic heterocycles. The molecule has 2 rings (SSSR count). The average molecular weight is 271 g/mol. The van der Waals surface area contributed by atoms with Crippen molar-refractivity contribution in [2.24, 2.45) is 5.41 Å². The minimum atomic E-state index is -0.271. The third-order valence-corrected chi connectivity index (χ3v) is 4.46. The van der Waals surface area contributed by atoms with Crippen LogP contribution in [0.15, 0.2) is 4.34 Å². The number of rotatable bonds is 5. The number of carbonyl (C=O) groups is 1. The van der Waals surface area contributed by atoms with Crippen molar-refractivity contribution < 1.29 is 4.79 Å². The second-order valence-corrected chi connectivity index (χ2v) is 7.45. The predicted molar refractivity (Wildman–Crippen MR) is 71.7 cm³/mol. The lowest BCUT2D eigenvalue weighted by molar-refractivity contribution is -0.123. The van der Waals surface area contributed by atoms with Gasteiger partial charge >= 0.3 is 0 Å². The number of Topliss-reactive ketones (excluding diaryl/α,β-unsaturated/α-hetero) is 1.